The first-order valence-electron chi connectivity index (χ1n) is 9.69. The number of para-hydroxylation sites is 1. The zero-order chi connectivity index (χ0) is 24.0. The van der Waals surface area contributed by atoms with E-state index in [-0.39, 0.29) is 22.1 Å². The predicted molar refractivity (Wildman–Crippen MR) is 118 cm³/mol. The van der Waals surface area contributed by atoms with Gasteiger partial charge in [0.25, 0.3) is 11.1 Å². The van der Waals surface area contributed by atoms with Crippen LogP contribution >= 0.6 is 11.8 Å². The summed E-state index contributed by atoms with van der Waals surface area (Å²) in [6, 6.07) is 10.1. The minimum Gasteiger partial charge on any atom is -0.490 e. The lowest BCUT2D eigenvalue weighted by molar-refractivity contribution is -0.139. The second-order valence-corrected chi connectivity index (χ2v) is 7.61. The van der Waals surface area contributed by atoms with Gasteiger partial charge in [0.15, 0.2) is 18.1 Å². The molecule has 1 aliphatic rings. The van der Waals surface area contributed by atoms with Crippen molar-refractivity contribution >= 4 is 46.5 Å². The number of carboxylic acids is 1. The molecular formula is C22H19FN2O7S. The van der Waals surface area contributed by atoms with Crippen molar-refractivity contribution in [1.82, 2.24) is 4.90 Å². The largest absolute Gasteiger partial charge is 0.490 e. The Morgan fingerprint density at radius 2 is 1.91 bits per heavy atom. The highest BCUT2D eigenvalue weighted by Crippen LogP contribution is 2.34. The van der Waals surface area contributed by atoms with E-state index in [1.165, 1.54) is 36.4 Å². The number of hydrogen-bond acceptors (Lipinski definition) is 7. The lowest BCUT2D eigenvalue weighted by atomic mass is 10.2. The molecule has 0 aromatic heterocycles. The summed E-state index contributed by atoms with van der Waals surface area (Å²) in [5.74, 6) is -2.68. The van der Waals surface area contributed by atoms with Crippen molar-refractivity contribution in [3.8, 4) is 11.5 Å². The number of aliphatic carboxylic acids is 1. The van der Waals surface area contributed by atoms with Crippen LogP contribution in [0.4, 0.5) is 14.9 Å². The van der Waals surface area contributed by atoms with Gasteiger partial charge in [0, 0.05) is 0 Å². The van der Waals surface area contributed by atoms with Crippen LogP contribution in [-0.4, -0.2) is 52.8 Å². The molecule has 1 fully saturated rings. The maximum Gasteiger partial charge on any atom is 0.341 e. The van der Waals surface area contributed by atoms with Crippen molar-refractivity contribution < 1.29 is 38.1 Å². The van der Waals surface area contributed by atoms with E-state index in [1.54, 1.807) is 19.1 Å². The number of halogens is 1. The molecule has 0 bridgehead atoms. The van der Waals surface area contributed by atoms with Gasteiger partial charge in [-0.05, 0) is 54.6 Å². The third-order valence-electron chi connectivity index (χ3n) is 4.24. The summed E-state index contributed by atoms with van der Waals surface area (Å²) in [5, 5.41) is 10.5. The molecule has 2 aromatic carbocycles. The quantitative estimate of drug-likeness (QED) is 0.531. The van der Waals surface area contributed by atoms with E-state index in [0.717, 1.165) is 4.90 Å². The van der Waals surface area contributed by atoms with Crippen molar-refractivity contribution in [1.29, 1.82) is 0 Å². The molecule has 1 saturated heterocycles. The summed E-state index contributed by atoms with van der Waals surface area (Å²) in [4.78, 5) is 48.8. The molecule has 0 spiro atoms. The number of anilines is 1. The van der Waals surface area contributed by atoms with Crippen LogP contribution in [0.15, 0.2) is 47.4 Å². The number of amides is 3. The zero-order valence-electron chi connectivity index (χ0n) is 17.4. The Morgan fingerprint density at radius 3 is 2.61 bits per heavy atom. The fourth-order valence-electron chi connectivity index (χ4n) is 2.83. The molecule has 2 N–H and O–H groups in total. The number of hydrogen-bond donors (Lipinski definition) is 2. The lowest BCUT2D eigenvalue weighted by Crippen LogP contribution is -2.36. The van der Waals surface area contributed by atoms with E-state index >= 15 is 0 Å². The molecule has 3 rings (SSSR count). The molecule has 33 heavy (non-hydrogen) atoms. The minimum absolute atomic E-state index is 0.0568. The van der Waals surface area contributed by atoms with Gasteiger partial charge in [-0.3, -0.25) is 19.3 Å². The molecule has 0 saturated carbocycles. The topological polar surface area (TPSA) is 122 Å². The Balaban J connectivity index is 1.73. The van der Waals surface area contributed by atoms with E-state index < -0.39 is 42.0 Å². The fourth-order valence-corrected chi connectivity index (χ4v) is 3.66. The molecule has 0 radical (unpaired) electrons. The van der Waals surface area contributed by atoms with Gasteiger partial charge in [-0.25, -0.2) is 9.18 Å². The molecule has 0 atom stereocenters. The SMILES string of the molecule is CCOc1cc(C=C2SC(=O)N(CC(=O)Nc3ccccc3F)C2=O)ccc1OCC(=O)O. The van der Waals surface area contributed by atoms with Crippen LogP contribution in [0.2, 0.25) is 0 Å². The lowest BCUT2D eigenvalue weighted by Gasteiger charge is -2.13. The number of nitrogens with one attached hydrogen (secondary N) is 1. The first-order valence-corrected chi connectivity index (χ1v) is 10.5. The maximum atomic E-state index is 13.7. The van der Waals surface area contributed by atoms with Crippen molar-refractivity contribution in [3.05, 3.63) is 58.8 Å². The number of carboxylic acid groups (broad SMARTS) is 1. The van der Waals surface area contributed by atoms with Gasteiger partial charge in [-0.2, -0.15) is 0 Å². The second-order valence-electron chi connectivity index (χ2n) is 6.62. The Bertz CT molecular complexity index is 1140. The number of thioether (sulfide) groups is 1. The summed E-state index contributed by atoms with van der Waals surface area (Å²) in [5.41, 5.74) is 0.445. The van der Waals surface area contributed by atoms with Gasteiger partial charge < -0.3 is 19.9 Å². The summed E-state index contributed by atoms with van der Waals surface area (Å²) < 4.78 is 24.3. The Hall–Kier alpha value is -3.86. The summed E-state index contributed by atoms with van der Waals surface area (Å²) >= 11 is 0.660. The maximum absolute atomic E-state index is 13.7. The Labute approximate surface area is 192 Å². The van der Waals surface area contributed by atoms with Crippen LogP contribution in [0.25, 0.3) is 6.08 Å². The molecule has 3 amide bonds. The molecule has 0 unspecified atom stereocenters. The van der Waals surface area contributed by atoms with Crippen molar-refractivity contribution in [2.75, 3.05) is 25.1 Å². The second kappa shape index (κ2) is 10.6. The van der Waals surface area contributed by atoms with Crippen molar-refractivity contribution in [3.63, 3.8) is 0 Å². The number of benzene rings is 2. The number of rotatable bonds is 9. The van der Waals surface area contributed by atoms with Crippen molar-refractivity contribution in [2.24, 2.45) is 0 Å². The van der Waals surface area contributed by atoms with Crippen LogP contribution in [0.3, 0.4) is 0 Å². The van der Waals surface area contributed by atoms with Crippen LogP contribution in [0, 0.1) is 5.82 Å². The molecule has 172 valence electrons. The molecule has 2 aromatic rings. The normalized spacial score (nSPS) is 14.5. The monoisotopic (exact) mass is 474 g/mol. The number of nitrogens with zero attached hydrogens (tertiary/aromatic N) is 1. The van der Waals surface area contributed by atoms with E-state index in [4.69, 9.17) is 14.6 Å². The molecule has 0 aliphatic carbocycles. The molecule has 11 heteroatoms. The number of carbonyl (C=O) groups is 4. The highest BCUT2D eigenvalue weighted by molar-refractivity contribution is 8.18. The highest BCUT2D eigenvalue weighted by Gasteiger charge is 2.36. The number of imide groups is 1. The van der Waals surface area contributed by atoms with Gasteiger partial charge in [-0.1, -0.05) is 18.2 Å². The molecular weight excluding hydrogens is 455 g/mol. The fraction of sp³-hybridized carbons (Fsp3) is 0.182. The van der Waals surface area contributed by atoms with Gasteiger partial charge in [0.1, 0.15) is 12.4 Å². The van der Waals surface area contributed by atoms with Crippen LogP contribution < -0.4 is 14.8 Å². The van der Waals surface area contributed by atoms with Crippen LogP contribution in [0.5, 0.6) is 11.5 Å². The summed E-state index contributed by atoms with van der Waals surface area (Å²) in [7, 11) is 0. The summed E-state index contributed by atoms with van der Waals surface area (Å²) in [6.45, 7) is 0.918. The molecule has 1 heterocycles. The number of carbonyl (C=O) groups excluding carboxylic acids is 3. The van der Waals surface area contributed by atoms with E-state index in [2.05, 4.69) is 5.32 Å². The van der Waals surface area contributed by atoms with Crippen LogP contribution in [-0.2, 0) is 14.4 Å². The Kier molecular flexibility index (Phi) is 7.67. The first-order chi connectivity index (χ1) is 15.8. The van der Waals surface area contributed by atoms with Gasteiger partial charge in [-0.15, -0.1) is 0 Å². The number of ether oxygens (including phenoxy) is 2. The van der Waals surface area contributed by atoms with E-state index in [1.807, 2.05) is 0 Å². The van der Waals surface area contributed by atoms with Crippen LogP contribution in [0.1, 0.15) is 12.5 Å². The summed E-state index contributed by atoms with van der Waals surface area (Å²) in [6.07, 6.45) is 1.45. The third-order valence-corrected chi connectivity index (χ3v) is 5.15. The first kappa shape index (κ1) is 23.8. The van der Waals surface area contributed by atoms with E-state index in [0.29, 0.717) is 23.9 Å². The minimum atomic E-state index is -1.14. The highest BCUT2D eigenvalue weighted by atomic mass is 32.2. The Morgan fingerprint density at radius 1 is 1.15 bits per heavy atom. The average molecular weight is 474 g/mol. The van der Waals surface area contributed by atoms with Gasteiger partial charge in [0.2, 0.25) is 5.91 Å². The standard InChI is InChI=1S/C22H19FN2O7S/c1-2-31-17-9-13(7-8-16(17)32-12-20(27)28)10-18-21(29)25(22(30)33-18)11-19(26)24-15-6-4-3-5-14(15)23/h3-10H,2,11-12H2,1H3,(H,24,26)(H,27,28). The zero-order valence-corrected chi connectivity index (χ0v) is 18.2. The molecule has 9 nitrogen and oxygen atoms in total. The van der Waals surface area contributed by atoms with Gasteiger partial charge in [0.05, 0.1) is 17.2 Å². The smallest absolute Gasteiger partial charge is 0.341 e. The van der Waals surface area contributed by atoms with Gasteiger partial charge >= 0.3 is 5.97 Å². The van der Waals surface area contributed by atoms with Crippen molar-refractivity contribution in [2.45, 2.75) is 6.92 Å². The predicted octanol–water partition coefficient (Wildman–Crippen LogP) is 3.36. The van der Waals surface area contributed by atoms with E-state index in [9.17, 15) is 23.6 Å². The molecule has 1 aliphatic heterocycles. The third kappa shape index (κ3) is 6.10. The average Bonchev–Trinajstić information content (AvgIpc) is 3.02.